The minimum atomic E-state index is -2.98. The highest BCUT2D eigenvalue weighted by Crippen LogP contribution is 2.33. The van der Waals surface area contributed by atoms with E-state index >= 15 is 0 Å². The summed E-state index contributed by atoms with van der Waals surface area (Å²) in [7, 11) is -2.98. The van der Waals surface area contributed by atoms with Crippen molar-refractivity contribution in [2.45, 2.75) is 49.3 Å². The van der Waals surface area contributed by atoms with Crippen LogP contribution in [0.5, 0.6) is 0 Å². The Kier molecular flexibility index (Phi) is 7.52. The number of sulfone groups is 1. The van der Waals surface area contributed by atoms with Crippen molar-refractivity contribution in [3.8, 4) is 0 Å². The molecule has 0 aliphatic carbocycles. The van der Waals surface area contributed by atoms with E-state index in [-0.39, 0.29) is 35.3 Å². The normalized spacial score (nSPS) is 18.7. The van der Waals surface area contributed by atoms with Gasteiger partial charge in [0.05, 0.1) is 17.1 Å². The standard InChI is InChI=1S/C18H25NO5S2/c1-3-13(4-2)19-17(20)11-24-18(21)15-7-5-6-8-16(15)25-14-9-10-26(22,23)12-14/h5-8,13-14H,3-4,9-12H2,1-2H3,(H,19,20)/t14-/m0/s1. The molecular formula is C18H25NO5S2. The molecule has 0 unspecified atom stereocenters. The van der Waals surface area contributed by atoms with Crippen LogP contribution in [0.3, 0.4) is 0 Å². The molecule has 144 valence electrons. The maximum Gasteiger partial charge on any atom is 0.339 e. The second kappa shape index (κ2) is 9.41. The Morgan fingerprint density at radius 2 is 1.96 bits per heavy atom. The van der Waals surface area contributed by atoms with Gasteiger partial charge in [0.2, 0.25) is 0 Å². The fraction of sp³-hybridized carbons (Fsp3) is 0.556. The molecule has 1 aliphatic heterocycles. The lowest BCUT2D eigenvalue weighted by atomic mass is 10.2. The Bertz CT molecular complexity index is 744. The van der Waals surface area contributed by atoms with E-state index in [4.69, 9.17) is 4.74 Å². The van der Waals surface area contributed by atoms with Crippen LogP contribution in [0.25, 0.3) is 0 Å². The average Bonchev–Trinajstić information content (AvgIpc) is 2.96. The summed E-state index contributed by atoms with van der Waals surface area (Å²) < 4.78 is 28.4. The number of rotatable bonds is 8. The minimum absolute atomic E-state index is 0.0629. The first-order valence-electron chi connectivity index (χ1n) is 8.77. The van der Waals surface area contributed by atoms with Crippen LogP contribution in [0.2, 0.25) is 0 Å². The van der Waals surface area contributed by atoms with Gasteiger partial charge in [-0.15, -0.1) is 11.8 Å². The van der Waals surface area contributed by atoms with E-state index in [9.17, 15) is 18.0 Å². The van der Waals surface area contributed by atoms with E-state index in [1.165, 1.54) is 11.8 Å². The van der Waals surface area contributed by atoms with Gasteiger partial charge in [0.1, 0.15) is 0 Å². The maximum atomic E-state index is 12.4. The van der Waals surface area contributed by atoms with Crippen molar-refractivity contribution < 1.29 is 22.7 Å². The van der Waals surface area contributed by atoms with E-state index in [1.54, 1.807) is 24.3 Å². The Morgan fingerprint density at radius 3 is 2.58 bits per heavy atom. The number of nitrogens with one attached hydrogen (secondary N) is 1. The number of benzene rings is 1. The Labute approximate surface area is 159 Å². The number of carbonyl (C=O) groups is 2. The van der Waals surface area contributed by atoms with Gasteiger partial charge in [0.15, 0.2) is 16.4 Å². The summed E-state index contributed by atoms with van der Waals surface area (Å²) in [4.78, 5) is 24.9. The Balaban J connectivity index is 1.96. The van der Waals surface area contributed by atoms with Crippen molar-refractivity contribution in [3.63, 3.8) is 0 Å². The molecule has 1 atom stereocenters. The highest BCUT2D eigenvalue weighted by Gasteiger charge is 2.29. The molecular weight excluding hydrogens is 374 g/mol. The van der Waals surface area contributed by atoms with Crippen LogP contribution in [-0.2, 0) is 19.4 Å². The lowest BCUT2D eigenvalue weighted by Crippen LogP contribution is -2.36. The van der Waals surface area contributed by atoms with Gasteiger partial charge in [-0.2, -0.15) is 0 Å². The summed E-state index contributed by atoms with van der Waals surface area (Å²) in [5.74, 6) is -0.584. The van der Waals surface area contributed by atoms with Crippen molar-refractivity contribution in [1.29, 1.82) is 0 Å². The summed E-state index contributed by atoms with van der Waals surface area (Å²) in [6.45, 7) is 3.64. The largest absolute Gasteiger partial charge is 0.452 e. The SMILES string of the molecule is CCC(CC)NC(=O)COC(=O)c1ccccc1S[C@H]1CCS(=O)(=O)C1. The number of ether oxygens (including phenoxy) is 1. The molecule has 26 heavy (non-hydrogen) atoms. The molecule has 6 nitrogen and oxygen atoms in total. The molecule has 0 radical (unpaired) electrons. The van der Waals surface area contributed by atoms with Gasteiger partial charge in [0.25, 0.3) is 5.91 Å². The molecule has 1 heterocycles. The molecule has 1 aliphatic rings. The van der Waals surface area contributed by atoms with Crippen LogP contribution >= 0.6 is 11.8 Å². The Hall–Kier alpha value is -1.54. The molecule has 0 aromatic heterocycles. The van der Waals surface area contributed by atoms with Gasteiger partial charge in [-0.25, -0.2) is 13.2 Å². The van der Waals surface area contributed by atoms with Crippen molar-refractivity contribution in [1.82, 2.24) is 5.32 Å². The molecule has 2 rings (SSSR count). The monoisotopic (exact) mass is 399 g/mol. The molecule has 0 saturated carbocycles. The predicted molar refractivity (Wildman–Crippen MR) is 102 cm³/mol. The molecule has 8 heteroatoms. The molecule has 1 N–H and O–H groups in total. The van der Waals surface area contributed by atoms with Crippen molar-refractivity contribution in [2.24, 2.45) is 0 Å². The van der Waals surface area contributed by atoms with E-state index in [2.05, 4.69) is 5.32 Å². The summed E-state index contributed by atoms with van der Waals surface area (Å²) in [6.07, 6.45) is 2.22. The van der Waals surface area contributed by atoms with Gasteiger partial charge in [-0.05, 0) is 31.4 Å². The van der Waals surface area contributed by atoms with Gasteiger partial charge in [0, 0.05) is 16.2 Å². The number of thioether (sulfide) groups is 1. The molecule has 1 fully saturated rings. The maximum absolute atomic E-state index is 12.4. The second-order valence-corrected chi connectivity index (χ2v) is 9.87. The van der Waals surface area contributed by atoms with Crippen LogP contribution < -0.4 is 5.32 Å². The summed E-state index contributed by atoms with van der Waals surface area (Å²) in [5, 5.41) is 2.75. The van der Waals surface area contributed by atoms with Crippen LogP contribution in [-0.4, -0.2) is 49.7 Å². The number of esters is 1. The third-order valence-electron chi connectivity index (χ3n) is 4.28. The zero-order valence-electron chi connectivity index (χ0n) is 15.1. The Morgan fingerprint density at radius 1 is 1.27 bits per heavy atom. The first-order valence-corrected chi connectivity index (χ1v) is 11.5. The fourth-order valence-corrected chi connectivity index (χ4v) is 6.36. The van der Waals surface area contributed by atoms with Crippen LogP contribution in [0.15, 0.2) is 29.2 Å². The van der Waals surface area contributed by atoms with Gasteiger partial charge >= 0.3 is 5.97 Å². The van der Waals surface area contributed by atoms with Crippen LogP contribution in [0.4, 0.5) is 0 Å². The second-order valence-electron chi connectivity index (χ2n) is 6.30. The lowest BCUT2D eigenvalue weighted by molar-refractivity contribution is -0.125. The molecule has 0 spiro atoms. The molecule has 0 bridgehead atoms. The minimum Gasteiger partial charge on any atom is -0.452 e. The zero-order valence-corrected chi connectivity index (χ0v) is 16.7. The molecule has 1 saturated heterocycles. The highest BCUT2D eigenvalue weighted by atomic mass is 32.2. The topological polar surface area (TPSA) is 89.5 Å². The van der Waals surface area contributed by atoms with Crippen molar-refractivity contribution in [2.75, 3.05) is 18.1 Å². The van der Waals surface area contributed by atoms with E-state index in [1.807, 2.05) is 13.8 Å². The van der Waals surface area contributed by atoms with Crippen molar-refractivity contribution >= 4 is 33.5 Å². The predicted octanol–water partition coefficient (Wildman–Crippen LogP) is 2.43. The van der Waals surface area contributed by atoms with E-state index < -0.39 is 15.8 Å². The number of carbonyl (C=O) groups excluding carboxylic acids is 2. The summed E-state index contributed by atoms with van der Waals surface area (Å²) >= 11 is 1.38. The molecule has 1 amide bonds. The number of hydrogen-bond acceptors (Lipinski definition) is 6. The van der Waals surface area contributed by atoms with E-state index in [0.717, 1.165) is 12.8 Å². The first kappa shape index (κ1) is 20.8. The smallest absolute Gasteiger partial charge is 0.339 e. The third-order valence-corrected chi connectivity index (χ3v) is 7.60. The number of hydrogen-bond donors (Lipinski definition) is 1. The van der Waals surface area contributed by atoms with Crippen LogP contribution in [0.1, 0.15) is 43.5 Å². The van der Waals surface area contributed by atoms with E-state index in [0.29, 0.717) is 16.9 Å². The highest BCUT2D eigenvalue weighted by molar-refractivity contribution is 8.02. The summed E-state index contributed by atoms with van der Waals surface area (Å²) in [6, 6.07) is 7.00. The first-order chi connectivity index (χ1) is 12.3. The van der Waals surface area contributed by atoms with Crippen molar-refractivity contribution in [3.05, 3.63) is 29.8 Å². The van der Waals surface area contributed by atoms with Gasteiger partial charge in [-0.3, -0.25) is 4.79 Å². The molecule has 1 aromatic carbocycles. The average molecular weight is 400 g/mol. The quantitative estimate of drug-likeness (QED) is 0.675. The van der Waals surface area contributed by atoms with Gasteiger partial charge in [-0.1, -0.05) is 26.0 Å². The van der Waals surface area contributed by atoms with Gasteiger partial charge < -0.3 is 10.1 Å². The zero-order chi connectivity index (χ0) is 19.2. The van der Waals surface area contributed by atoms with Crippen LogP contribution in [0, 0.1) is 0 Å². The third kappa shape index (κ3) is 6.02. The summed E-state index contributed by atoms with van der Waals surface area (Å²) in [5.41, 5.74) is 0.358. The lowest BCUT2D eigenvalue weighted by Gasteiger charge is -2.15. The number of amides is 1. The molecule has 1 aromatic rings. The fourth-order valence-electron chi connectivity index (χ4n) is 2.74.